The summed E-state index contributed by atoms with van der Waals surface area (Å²) in [6, 6.07) is 21.4. The van der Waals surface area contributed by atoms with E-state index in [0.717, 1.165) is 0 Å². The van der Waals surface area contributed by atoms with Crippen molar-refractivity contribution in [1.29, 1.82) is 0 Å². The van der Waals surface area contributed by atoms with Gasteiger partial charge in [0.15, 0.2) is 5.16 Å². The lowest BCUT2D eigenvalue weighted by Crippen LogP contribution is -2.21. The first kappa shape index (κ1) is 17.5. The van der Waals surface area contributed by atoms with Crippen LogP contribution < -0.4 is 5.56 Å². The highest BCUT2D eigenvalue weighted by atomic mass is 32.2. The van der Waals surface area contributed by atoms with Crippen LogP contribution >= 0.6 is 11.8 Å². The molecule has 0 saturated carbocycles. The quantitative estimate of drug-likeness (QED) is 0.366. The predicted octanol–water partition coefficient (Wildman–Crippen LogP) is 5.13. The summed E-state index contributed by atoms with van der Waals surface area (Å²) >= 11 is 1.47. The summed E-state index contributed by atoms with van der Waals surface area (Å²) in [5.74, 6) is 0.287. The largest absolute Gasteiger partial charge is 0.268 e. The van der Waals surface area contributed by atoms with Gasteiger partial charge in [-0.2, -0.15) is 0 Å². The number of fused-ring (bicyclic) bond motifs is 1. The van der Waals surface area contributed by atoms with Gasteiger partial charge in [0.2, 0.25) is 0 Å². The molecule has 0 unspecified atom stereocenters. The Morgan fingerprint density at radius 2 is 1.78 bits per heavy atom. The van der Waals surface area contributed by atoms with Crippen molar-refractivity contribution in [3.63, 3.8) is 0 Å². The summed E-state index contributed by atoms with van der Waals surface area (Å²) in [7, 11) is 0. The van der Waals surface area contributed by atoms with E-state index in [0.29, 0.717) is 27.5 Å². The smallest absolute Gasteiger partial charge is 0.266 e. The molecule has 0 radical (unpaired) electrons. The molecular formula is C22H17FN2OS. The van der Waals surface area contributed by atoms with Gasteiger partial charge in [0.25, 0.3) is 5.56 Å². The first-order valence-electron chi connectivity index (χ1n) is 8.58. The Balaban J connectivity index is 1.86. The third-order valence-corrected chi connectivity index (χ3v) is 5.42. The summed E-state index contributed by atoms with van der Waals surface area (Å²) < 4.78 is 15.3. The number of hydrogen-bond donors (Lipinski definition) is 0. The van der Waals surface area contributed by atoms with Crippen LogP contribution in [0.4, 0.5) is 4.39 Å². The SMILES string of the molecule is Cc1ccccc1CSc1nc2ccccc2c(=O)n1-c1cccc(F)c1. The summed E-state index contributed by atoms with van der Waals surface area (Å²) in [5, 5.41) is 1.06. The van der Waals surface area contributed by atoms with Crippen LogP contribution in [0.2, 0.25) is 0 Å². The highest BCUT2D eigenvalue weighted by molar-refractivity contribution is 7.98. The molecule has 0 spiro atoms. The molecule has 3 nitrogen and oxygen atoms in total. The third-order valence-electron chi connectivity index (χ3n) is 4.43. The fourth-order valence-corrected chi connectivity index (χ4v) is 4.06. The molecule has 4 aromatic rings. The number of benzene rings is 3. The molecule has 0 N–H and O–H groups in total. The Hall–Kier alpha value is -2.92. The minimum atomic E-state index is -0.387. The normalized spacial score (nSPS) is 11.0. The highest BCUT2D eigenvalue weighted by Crippen LogP contribution is 2.26. The lowest BCUT2D eigenvalue weighted by atomic mass is 10.1. The summed E-state index contributed by atoms with van der Waals surface area (Å²) in [6.07, 6.45) is 0. The Morgan fingerprint density at radius 3 is 2.59 bits per heavy atom. The average molecular weight is 376 g/mol. The molecule has 5 heteroatoms. The fourth-order valence-electron chi connectivity index (χ4n) is 2.97. The van der Waals surface area contributed by atoms with Crippen LogP contribution in [0.25, 0.3) is 16.6 Å². The number of halogens is 1. The maximum Gasteiger partial charge on any atom is 0.266 e. The molecule has 0 aliphatic rings. The van der Waals surface area contributed by atoms with Crippen LogP contribution in [-0.4, -0.2) is 9.55 Å². The van der Waals surface area contributed by atoms with Crippen molar-refractivity contribution in [2.75, 3.05) is 0 Å². The van der Waals surface area contributed by atoms with Crippen LogP contribution in [0.15, 0.2) is 82.7 Å². The van der Waals surface area contributed by atoms with Gasteiger partial charge in [0, 0.05) is 5.75 Å². The van der Waals surface area contributed by atoms with Crippen LogP contribution in [0.1, 0.15) is 11.1 Å². The van der Waals surface area contributed by atoms with Crippen LogP contribution in [0.5, 0.6) is 0 Å². The van der Waals surface area contributed by atoms with Gasteiger partial charge in [-0.1, -0.05) is 54.2 Å². The van der Waals surface area contributed by atoms with Gasteiger partial charge in [0.05, 0.1) is 16.6 Å². The Bertz CT molecular complexity index is 1190. The first-order valence-corrected chi connectivity index (χ1v) is 9.57. The van der Waals surface area contributed by atoms with Gasteiger partial charge in [-0.25, -0.2) is 9.37 Å². The number of nitrogens with zero attached hydrogens (tertiary/aromatic N) is 2. The Morgan fingerprint density at radius 1 is 1.00 bits per heavy atom. The van der Waals surface area contributed by atoms with E-state index in [2.05, 4.69) is 19.1 Å². The molecule has 0 saturated heterocycles. The molecule has 27 heavy (non-hydrogen) atoms. The second-order valence-electron chi connectivity index (χ2n) is 6.25. The molecule has 3 aromatic carbocycles. The molecule has 0 aliphatic carbocycles. The lowest BCUT2D eigenvalue weighted by molar-refractivity contribution is 0.625. The molecule has 1 aromatic heterocycles. The monoisotopic (exact) mass is 376 g/mol. The topological polar surface area (TPSA) is 34.9 Å². The van der Waals surface area contributed by atoms with Crippen LogP contribution in [0.3, 0.4) is 0 Å². The van der Waals surface area contributed by atoms with E-state index in [1.54, 1.807) is 18.2 Å². The molecular weight excluding hydrogens is 359 g/mol. The van der Waals surface area contributed by atoms with Crippen molar-refractivity contribution in [3.05, 3.63) is 100 Å². The highest BCUT2D eigenvalue weighted by Gasteiger charge is 2.14. The van der Waals surface area contributed by atoms with E-state index in [4.69, 9.17) is 4.98 Å². The van der Waals surface area contributed by atoms with Crippen molar-refractivity contribution in [1.82, 2.24) is 9.55 Å². The van der Waals surface area contributed by atoms with Crippen LogP contribution in [-0.2, 0) is 5.75 Å². The van der Waals surface area contributed by atoms with Gasteiger partial charge in [-0.05, 0) is 48.4 Å². The minimum Gasteiger partial charge on any atom is -0.268 e. The molecule has 0 fully saturated rings. The predicted molar refractivity (Wildman–Crippen MR) is 108 cm³/mol. The summed E-state index contributed by atoms with van der Waals surface area (Å²) in [4.78, 5) is 17.8. The second-order valence-corrected chi connectivity index (χ2v) is 7.19. The van der Waals surface area contributed by atoms with Gasteiger partial charge in [-0.15, -0.1) is 0 Å². The molecule has 0 atom stereocenters. The molecule has 1 heterocycles. The summed E-state index contributed by atoms with van der Waals surface area (Å²) in [6.45, 7) is 2.06. The van der Waals surface area contributed by atoms with E-state index in [1.807, 2.05) is 30.3 Å². The number of rotatable bonds is 4. The number of para-hydroxylation sites is 1. The Labute approximate surface area is 160 Å². The molecule has 4 rings (SSSR count). The Kier molecular flexibility index (Phi) is 4.77. The second kappa shape index (κ2) is 7.37. The van der Waals surface area contributed by atoms with E-state index >= 15 is 0 Å². The molecule has 0 bridgehead atoms. The first-order chi connectivity index (χ1) is 13.1. The number of thioether (sulfide) groups is 1. The maximum absolute atomic E-state index is 13.8. The number of aromatic nitrogens is 2. The van der Waals surface area contributed by atoms with Gasteiger partial charge in [-0.3, -0.25) is 9.36 Å². The standard InChI is InChI=1S/C22H17FN2OS/c1-15-7-2-3-8-16(15)14-27-22-24-20-12-5-4-11-19(20)21(26)25(22)18-10-6-9-17(23)13-18/h2-13H,14H2,1H3. The van der Waals surface area contributed by atoms with Crippen molar-refractivity contribution in [2.45, 2.75) is 17.8 Å². The average Bonchev–Trinajstić information content (AvgIpc) is 2.67. The van der Waals surface area contributed by atoms with Crippen LogP contribution in [0, 0.1) is 12.7 Å². The van der Waals surface area contributed by atoms with Gasteiger partial charge >= 0.3 is 0 Å². The molecule has 134 valence electrons. The van der Waals surface area contributed by atoms with Gasteiger partial charge < -0.3 is 0 Å². The summed E-state index contributed by atoms with van der Waals surface area (Å²) in [5.41, 5.74) is 3.28. The number of hydrogen-bond acceptors (Lipinski definition) is 3. The zero-order valence-electron chi connectivity index (χ0n) is 14.7. The maximum atomic E-state index is 13.8. The zero-order chi connectivity index (χ0) is 18.8. The van der Waals surface area contributed by atoms with Crippen molar-refractivity contribution < 1.29 is 4.39 Å². The lowest BCUT2D eigenvalue weighted by Gasteiger charge is -2.14. The van der Waals surface area contributed by atoms with E-state index < -0.39 is 0 Å². The minimum absolute atomic E-state index is 0.196. The van der Waals surface area contributed by atoms with Gasteiger partial charge in [0.1, 0.15) is 5.82 Å². The third kappa shape index (κ3) is 3.51. The molecule has 0 amide bonds. The van der Waals surface area contributed by atoms with Crippen molar-refractivity contribution in [2.24, 2.45) is 0 Å². The van der Waals surface area contributed by atoms with E-state index in [9.17, 15) is 9.18 Å². The van der Waals surface area contributed by atoms with Crippen molar-refractivity contribution in [3.8, 4) is 5.69 Å². The van der Waals surface area contributed by atoms with E-state index in [1.165, 1.54) is 39.6 Å². The van der Waals surface area contributed by atoms with E-state index in [-0.39, 0.29) is 11.4 Å². The zero-order valence-corrected chi connectivity index (χ0v) is 15.5. The fraction of sp³-hybridized carbons (Fsp3) is 0.0909. The number of aryl methyl sites for hydroxylation is 1. The van der Waals surface area contributed by atoms with Crippen molar-refractivity contribution >= 4 is 22.7 Å². The molecule has 0 aliphatic heterocycles.